The van der Waals surface area contributed by atoms with Crippen LogP contribution in [0.1, 0.15) is 18.9 Å². The van der Waals surface area contributed by atoms with Crippen LogP contribution in [0, 0.1) is 30.0 Å². The Morgan fingerprint density at radius 2 is 2.22 bits per heavy atom. The van der Waals surface area contributed by atoms with Gasteiger partial charge in [-0.3, -0.25) is 4.79 Å². The topological polar surface area (TPSA) is 44.1 Å². The van der Waals surface area contributed by atoms with Gasteiger partial charge in [0.05, 0.1) is 16.8 Å². The lowest BCUT2D eigenvalue weighted by Crippen LogP contribution is -2.32. The van der Waals surface area contributed by atoms with Gasteiger partial charge in [0.1, 0.15) is 11.7 Å². The van der Waals surface area contributed by atoms with Gasteiger partial charge in [-0.1, -0.05) is 18.5 Å². The molecule has 1 rings (SSSR count). The van der Waals surface area contributed by atoms with Crippen LogP contribution in [0.2, 0.25) is 5.02 Å². The maximum Gasteiger partial charge on any atom is 0.244 e. The maximum atomic E-state index is 13.5. The number of anilines is 1. The van der Waals surface area contributed by atoms with Crippen LogP contribution in [0.3, 0.4) is 0 Å². The molecule has 0 saturated heterocycles. The van der Waals surface area contributed by atoms with Crippen LogP contribution in [0.5, 0.6) is 0 Å². The number of halogens is 2. The minimum Gasteiger partial charge on any atom is -0.313 e. The van der Waals surface area contributed by atoms with Crippen molar-refractivity contribution in [2.24, 2.45) is 5.92 Å². The maximum absolute atomic E-state index is 13.5. The van der Waals surface area contributed by atoms with Gasteiger partial charge in [-0.05, 0) is 31.0 Å². The summed E-state index contributed by atoms with van der Waals surface area (Å²) in [5.74, 6) is -1.56. The normalized spacial score (nSPS) is 11.8. The molecule has 1 amide bonds. The summed E-state index contributed by atoms with van der Waals surface area (Å²) >= 11 is 5.99. The highest BCUT2D eigenvalue weighted by molar-refractivity contribution is 6.33. The number of rotatable bonds is 3. The lowest BCUT2D eigenvalue weighted by atomic mass is 10.1. The molecule has 0 aromatic heterocycles. The highest BCUT2D eigenvalue weighted by atomic mass is 35.5. The molecule has 0 aliphatic carbocycles. The molecule has 96 valence electrons. The number of amides is 1. The van der Waals surface area contributed by atoms with Crippen LogP contribution < -0.4 is 4.90 Å². The Bertz CT molecular complexity index is 510. The third-order valence-electron chi connectivity index (χ3n) is 2.78. The zero-order valence-electron chi connectivity index (χ0n) is 10.5. The molecule has 0 radical (unpaired) electrons. The molecular formula is C13H14ClFN2O. The van der Waals surface area contributed by atoms with Crippen LogP contribution in [-0.4, -0.2) is 13.0 Å². The quantitative estimate of drug-likeness (QED) is 0.844. The van der Waals surface area contributed by atoms with Crippen LogP contribution in [0.15, 0.2) is 12.1 Å². The number of nitrogens with zero attached hydrogens (tertiary/aromatic N) is 2. The Labute approximate surface area is 111 Å². The van der Waals surface area contributed by atoms with E-state index >= 15 is 0 Å². The number of carbonyl (C=O) groups excluding carboxylic acids is 1. The van der Waals surface area contributed by atoms with Gasteiger partial charge in [0.15, 0.2) is 0 Å². The monoisotopic (exact) mass is 268 g/mol. The van der Waals surface area contributed by atoms with Gasteiger partial charge in [-0.2, -0.15) is 5.26 Å². The number of hydrogen-bond donors (Lipinski definition) is 0. The second-order valence-corrected chi connectivity index (χ2v) is 4.45. The van der Waals surface area contributed by atoms with E-state index in [1.165, 1.54) is 24.1 Å². The second-order valence-electron chi connectivity index (χ2n) is 4.04. The highest BCUT2D eigenvalue weighted by Gasteiger charge is 2.23. The molecule has 1 atom stereocenters. The van der Waals surface area contributed by atoms with Crippen molar-refractivity contribution in [1.82, 2.24) is 0 Å². The first-order chi connectivity index (χ1) is 8.42. The summed E-state index contributed by atoms with van der Waals surface area (Å²) in [6.07, 6.45) is 0.408. The van der Waals surface area contributed by atoms with E-state index in [1.807, 2.05) is 6.07 Å². The summed E-state index contributed by atoms with van der Waals surface area (Å²) in [5, 5.41) is 9.15. The molecule has 0 spiro atoms. The number of nitriles is 1. The molecule has 0 fully saturated rings. The van der Waals surface area contributed by atoms with Gasteiger partial charge >= 0.3 is 0 Å². The van der Waals surface area contributed by atoms with Crippen molar-refractivity contribution in [3.63, 3.8) is 0 Å². The molecule has 0 N–H and O–H groups in total. The molecule has 1 aromatic carbocycles. The van der Waals surface area contributed by atoms with Crippen molar-refractivity contribution in [1.29, 1.82) is 5.26 Å². The number of carbonyl (C=O) groups is 1. The molecule has 0 heterocycles. The molecule has 0 aliphatic heterocycles. The molecule has 0 bridgehead atoms. The Morgan fingerprint density at radius 1 is 1.61 bits per heavy atom. The fourth-order valence-electron chi connectivity index (χ4n) is 1.57. The lowest BCUT2D eigenvalue weighted by Gasteiger charge is -2.21. The van der Waals surface area contributed by atoms with E-state index in [2.05, 4.69) is 0 Å². The van der Waals surface area contributed by atoms with E-state index in [0.717, 1.165) is 0 Å². The predicted octanol–water partition coefficient (Wildman–Crippen LogP) is 3.30. The van der Waals surface area contributed by atoms with Crippen molar-refractivity contribution in [3.8, 4) is 6.07 Å². The van der Waals surface area contributed by atoms with Gasteiger partial charge in [0, 0.05) is 7.05 Å². The van der Waals surface area contributed by atoms with E-state index in [1.54, 1.807) is 13.8 Å². The molecular weight excluding hydrogens is 255 g/mol. The van der Waals surface area contributed by atoms with Gasteiger partial charge in [-0.15, -0.1) is 0 Å². The molecule has 1 unspecified atom stereocenters. The Kier molecular flexibility index (Phi) is 4.69. The summed E-state index contributed by atoms with van der Waals surface area (Å²) in [6, 6.07) is 4.59. The number of hydrogen-bond acceptors (Lipinski definition) is 2. The average Bonchev–Trinajstić information content (AvgIpc) is 2.34. The van der Waals surface area contributed by atoms with Crippen molar-refractivity contribution >= 4 is 23.2 Å². The van der Waals surface area contributed by atoms with E-state index in [-0.39, 0.29) is 16.6 Å². The van der Waals surface area contributed by atoms with Crippen molar-refractivity contribution in [2.45, 2.75) is 20.3 Å². The predicted molar refractivity (Wildman–Crippen MR) is 69.0 cm³/mol. The summed E-state index contributed by atoms with van der Waals surface area (Å²) in [7, 11) is 1.48. The number of aryl methyl sites for hydroxylation is 1. The standard InChI is InChI=1S/C13H14ClFN2O/c1-4-9(7-16)13(18)17(3)12-6-11(15)8(2)5-10(12)14/h5-6,9H,4H2,1-3H3. The molecule has 0 aliphatic rings. The zero-order valence-corrected chi connectivity index (χ0v) is 11.3. The van der Waals surface area contributed by atoms with Gasteiger partial charge < -0.3 is 4.90 Å². The SMILES string of the molecule is CCC(C#N)C(=O)N(C)c1cc(F)c(C)cc1Cl. The molecule has 18 heavy (non-hydrogen) atoms. The van der Waals surface area contributed by atoms with Crippen molar-refractivity contribution in [2.75, 3.05) is 11.9 Å². The Hall–Kier alpha value is -1.60. The van der Waals surface area contributed by atoms with E-state index in [9.17, 15) is 9.18 Å². The minimum absolute atomic E-state index is 0.276. The molecule has 3 nitrogen and oxygen atoms in total. The van der Waals surface area contributed by atoms with Crippen LogP contribution in [-0.2, 0) is 4.79 Å². The number of benzene rings is 1. The first-order valence-corrected chi connectivity index (χ1v) is 5.93. The van der Waals surface area contributed by atoms with E-state index < -0.39 is 11.7 Å². The first kappa shape index (κ1) is 14.5. The van der Waals surface area contributed by atoms with Gasteiger partial charge in [-0.25, -0.2) is 4.39 Å². The largest absolute Gasteiger partial charge is 0.313 e. The summed E-state index contributed by atoms with van der Waals surface area (Å²) < 4.78 is 13.5. The summed E-state index contributed by atoms with van der Waals surface area (Å²) in [4.78, 5) is 13.2. The Balaban J connectivity index is 3.12. The molecule has 5 heteroatoms. The smallest absolute Gasteiger partial charge is 0.244 e. The Morgan fingerprint density at radius 3 is 2.72 bits per heavy atom. The summed E-state index contributed by atoms with van der Waals surface area (Å²) in [6.45, 7) is 3.34. The van der Waals surface area contributed by atoms with Crippen LogP contribution >= 0.6 is 11.6 Å². The van der Waals surface area contributed by atoms with Gasteiger partial charge in [0.25, 0.3) is 0 Å². The zero-order chi connectivity index (χ0) is 13.9. The third kappa shape index (κ3) is 2.80. The van der Waals surface area contributed by atoms with Crippen LogP contribution in [0.25, 0.3) is 0 Å². The molecule has 1 aromatic rings. The highest BCUT2D eigenvalue weighted by Crippen LogP contribution is 2.29. The fraction of sp³-hybridized carbons (Fsp3) is 0.385. The van der Waals surface area contributed by atoms with E-state index in [4.69, 9.17) is 16.9 Å². The first-order valence-electron chi connectivity index (χ1n) is 5.55. The molecule has 0 saturated carbocycles. The fourth-order valence-corrected chi connectivity index (χ4v) is 1.91. The van der Waals surface area contributed by atoms with Crippen molar-refractivity contribution in [3.05, 3.63) is 28.5 Å². The summed E-state index contributed by atoms with van der Waals surface area (Å²) in [5.41, 5.74) is 0.690. The average molecular weight is 269 g/mol. The lowest BCUT2D eigenvalue weighted by molar-refractivity contribution is -0.120. The van der Waals surface area contributed by atoms with Crippen molar-refractivity contribution < 1.29 is 9.18 Å². The van der Waals surface area contributed by atoms with E-state index in [0.29, 0.717) is 12.0 Å². The minimum atomic E-state index is -0.740. The van der Waals surface area contributed by atoms with Gasteiger partial charge in [0.2, 0.25) is 5.91 Å². The van der Waals surface area contributed by atoms with Crippen LogP contribution in [0.4, 0.5) is 10.1 Å². The third-order valence-corrected chi connectivity index (χ3v) is 3.08. The second kappa shape index (κ2) is 5.83.